The van der Waals surface area contributed by atoms with Gasteiger partial charge in [-0.15, -0.1) is 0 Å². The number of carbonyl (C=O) groups is 2. The number of halogens is 3. The van der Waals surface area contributed by atoms with E-state index in [-0.39, 0.29) is 0 Å². The van der Waals surface area contributed by atoms with E-state index in [9.17, 15) is 22.8 Å². The van der Waals surface area contributed by atoms with E-state index in [1.165, 1.54) is 0 Å². The fourth-order valence-electron chi connectivity index (χ4n) is 1.28. The predicted molar refractivity (Wildman–Crippen MR) is 38.3 cm³/mol. The first-order chi connectivity index (χ1) is 6.32. The molecule has 4 nitrogen and oxygen atoms in total. The van der Waals surface area contributed by atoms with Crippen molar-refractivity contribution in [1.29, 1.82) is 0 Å². The summed E-state index contributed by atoms with van der Waals surface area (Å²) in [6.45, 7) is -0.536. The number of rotatable bonds is 1. The number of hydrogen-bond acceptors (Lipinski definition) is 2. The van der Waals surface area contributed by atoms with Crippen LogP contribution in [0.15, 0.2) is 0 Å². The maximum Gasteiger partial charge on any atom is 0.393 e. The summed E-state index contributed by atoms with van der Waals surface area (Å²) in [7, 11) is 0. The molecule has 1 aliphatic heterocycles. The summed E-state index contributed by atoms with van der Waals surface area (Å²) < 4.78 is 36.5. The van der Waals surface area contributed by atoms with Gasteiger partial charge in [0.05, 0.1) is 5.92 Å². The van der Waals surface area contributed by atoms with Gasteiger partial charge in [0.15, 0.2) is 0 Å². The number of aliphatic carboxylic acids is 1. The van der Waals surface area contributed by atoms with E-state index >= 15 is 0 Å². The van der Waals surface area contributed by atoms with Crippen molar-refractivity contribution in [3.63, 3.8) is 0 Å². The van der Waals surface area contributed by atoms with Gasteiger partial charge in [0.25, 0.3) is 0 Å². The van der Waals surface area contributed by atoms with Gasteiger partial charge >= 0.3 is 12.1 Å². The third-order valence-electron chi connectivity index (χ3n) is 2.12. The molecule has 1 amide bonds. The lowest BCUT2D eigenvalue weighted by Gasteiger charge is -2.28. The zero-order chi connectivity index (χ0) is 10.9. The standard InChI is InChI=1S/C7H8F3NO3/c8-7(9,10)3-1-4(6(13)14)5(12)11-2-3/h3-4H,1-2H2,(H,11,12)(H,13,14)/t3-,4+/m1/s1. The summed E-state index contributed by atoms with van der Waals surface area (Å²) in [4.78, 5) is 21.3. The molecule has 0 unspecified atom stereocenters. The molecule has 0 aromatic rings. The molecule has 1 aliphatic rings. The van der Waals surface area contributed by atoms with Gasteiger partial charge in [0, 0.05) is 6.54 Å². The Morgan fingerprint density at radius 3 is 2.50 bits per heavy atom. The minimum absolute atomic E-state index is 0.536. The maximum atomic E-state index is 12.2. The molecule has 0 radical (unpaired) electrons. The van der Waals surface area contributed by atoms with Gasteiger partial charge in [0.2, 0.25) is 5.91 Å². The van der Waals surface area contributed by atoms with Crippen LogP contribution in [0.3, 0.4) is 0 Å². The molecule has 0 bridgehead atoms. The second kappa shape index (κ2) is 3.47. The van der Waals surface area contributed by atoms with Crippen LogP contribution in [-0.2, 0) is 9.59 Å². The normalized spacial score (nSPS) is 28.4. The van der Waals surface area contributed by atoms with Crippen molar-refractivity contribution < 1.29 is 27.9 Å². The molecule has 1 rings (SSSR count). The summed E-state index contributed by atoms with van der Waals surface area (Å²) in [5.74, 6) is -5.72. The second-order valence-corrected chi connectivity index (χ2v) is 3.11. The van der Waals surface area contributed by atoms with Crippen LogP contribution in [0, 0.1) is 11.8 Å². The Labute approximate surface area is 77.1 Å². The maximum absolute atomic E-state index is 12.2. The van der Waals surface area contributed by atoms with Crippen LogP contribution in [0.4, 0.5) is 13.2 Å². The van der Waals surface area contributed by atoms with Crippen molar-refractivity contribution >= 4 is 11.9 Å². The minimum atomic E-state index is -4.46. The van der Waals surface area contributed by atoms with Crippen molar-refractivity contribution in [1.82, 2.24) is 5.32 Å². The zero-order valence-corrected chi connectivity index (χ0v) is 6.97. The average Bonchev–Trinajstić information content (AvgIpc) is 2.02. The van der Waals surface area contributed by atoms with Crippen LogP contribution in [-0.4, -0.2) is 29.7 Å². The monoisotopic (exact) mass is 211 g/mol. The number of piperidine rings is 1. The lowest BCUT2D eigenvalue weighted by Crippen LogP contribution is -2.48. The highest BCUT2D eigenvalue weighted by molar-refractivity contribution is 5.97. The summed E-state index contributed by atoms with van der Waals surface area (Å²) >= 11 is 0. The summed E-state index contributed by atoms with van der Waals surface area (Å²) in [6, 6.07) is 0. The number of amides is 1. The molecule has 2 atom stereocenters. The second-order valence-electron chi connectivity index (χ2n) is 3.11. The Kier molecular flexibility index (Phi) is 2.68. The van der Waals surface area contributed by atoms with Gasteiger partial charge < -0.3 is 10.4 Å². The van der Waals surface area contributed by atoms with Crippen LogP contribution >= 0.6 is 0 Å². The highest BCUT2D eigenvalue weighted by Gasteiger charge is 2.46. The van der Waals surface area contributed by atoms with Crippen LogP contribution < -0.4 is 5.32 Å². The smallest absolute Gasteiger partial charge is 0.393 e. The van der Waals surface area contributed by atoms with E-state index in [0.717, 1.165) is 0 Å². The van der Waals surface area contributed by atoms with Gasteiger partial charge in [-0.1, -0.05) is 0 Å². The Morgan fingerprint density at radius 2 is 2.07 bits per heavy atom. The molecular weight excluding hydrogens is 203 g/mol. The summed E-state index contributed by atoms with van der Waals surface area (Å²) in [6.07, 6.45) is -5.13. The van der Waals surface area contributed by atoms with E-state index in [4.69, 9.17) is 5.11 Å². The first kappa shape index (κ1) is 10.8. The Bertz CT molecular complexity index is 263. The topological polar surface area (TPSA) is 66.4 Å². The van der Waals surface area contributed by atoms with Crippen molar-refractivity contribution in [2.24, 2.45) is 11.8 Å². The van der Waals surface area contributed by atoms with Gasteiger partial charge in [-0.2, -0.15) is 13.2 Å². The molecule has 0 saturated carbocycles. The first-order valence-electron chi connectivity index (χ1n) is 3.89. The Morgan fingerprint density at radius 1 is 1.50 bits per heavy atom. The quantitative estimate of drug-likeness (QED) is 0.616. The van der Waals surface area contributed by atoms with Crippen LogP contribution in [0.5, 0.6) is 0 Å². The number of carboxylic acid groups (broad SMARTS) is 1. The minimum Gasteiger partial charge on any atom is -0.481 e. The predicted octanol–water partition coefficient (Wildman–Crippen LogP) is 0.386. The van der Waals surface area contributed by atoms with Crippen LogP contribution in [0.25, 0.3) is 0 Å². The van der Waals surface area contributed by atoms with Crippen molar-refractivity contribution in [2.75, 3.05) is 6.54 Å². The Balaban J connectivity index is 2.72. The third-order valence-corrected chi connectivity index (χ3v) is 2.12. The molecule has 1 saturated heterocycles. The molecule has 0 aliphatic carbocycles. The fourth-order valence-corrected chi connectivity index (χ4v) is 1.28. The fraction of sp³-hybridized carbons (Fsp3) is 0.714. The molecule has 1 heterocycles. The number of alkyl halides is 3. The molecule has 7 heteroatoms. The molecule has 0 aromatic carbocycles. The molecule has 80 valence electrons. The number of carbonyl (C=O) groups excluding carboxylic acids is 1. The number of nitrogens with one attached hydrogen (secondary N) is 1. The van der Waals surface area contributed by atoms with Crippen LogP contribution in [0.2, 0.25) is 0 Å². The zero-order valence-electron chi connectivity index (χ0n) is 6.97. The van der Waals surface area contributed by atoms with E-state index < -0.39 is 42.9 Å². The van der Waals surface area contributed by atoms with Crippen LogP contribution in [0.1, 0.15) is 6.42 Å². The van der Waals surface area contributed by atoms with Gasteiger partial charge in [-0.05, 0) is 6.42 Å². The molecule has 0 aromatic heterocycles. The molecule has 2 N–H and O–H groups in total. The molecule has 14 heavy (non-hydrogen) atoms. The lowest BCUT2D eigenvalue weighted by molar-refractivity contribution is -0.186. The van der Waals surface area contributed by atoms with Gasteiger partial charge in [-0.25, -0.2) is 0 Å². The summed E-state index contributed by atoms with van der Waals surface area (Å²) in [5.41, 5.74) is 0. The first-order valence-corrected chi connectivity index (χ1v) is 3.89. The molecule has 1 fully saturated rings. The van der Waals surface area contributed by atoms with E-state index in [2.05, 4.69) is 0 Å². The summed E-state index contributed by atoms with van der Waals surface area (Å²) in [5, 5.41) is 10.4. The van der Waals surface area contributed by atoms with Gasteiger partial charge in [-0.3, -0.25) is 9.59 Å². The third kappa shape index (κ3) is 2.15. The van der Waals surface area contributed by atoms with Crippen molar-refractivity contribution in [3.05, 3.63) is 0 Å². The number of hydrogen-bond donors (Lipinski definition) is 2. The highest BCUT2D eigenvalue weighted by atomic mass is 19.4. The Hall–Kier alpha value is -1.27. The van der Waals surface area contributed by atoms with Gasteiger partial charge in [0.1, 0.15) is 5.92 Å². The largest absolute Gasteiger partial charge is 0.481 e. The molecular formula is C7H8F3NO3. The van der Waals surface area contributed by atoms with E-state index in [1.54, 1.807) is 0 Å². The van der Waals surface area contributed by atoms with Crippen molar-refractivity contribution in [3.8, 4) is 0 Å². The van der Waals surface area contributed by atoms with Crippen molar-refractivity contribution in [2.45, 2.75) is 12.6 Å². The van der Waals surface area contributed by atoms with E-state index in [0.29, 0.717) is 0 Å². The average molecular weight is 211 g/mol. The highest BCUT2D eigenvalue weighted by Crippen LogP contribution is 2.33. The lowest BCUT2D eigenvalue weighted by atomic mass is 9.89. The SMILES string of the molecule is O=C(O)[C@H]1C[C@@H](C(F)(F)F)CNC1=O. The molecule has 0 spiro atoms. The van der Waals surface area contributed by atoms with E-state index in [1.807, 2.05) is 5.32 Å². The number of carboxylic acids is 1.